The third-order valence-corrected chi connectivity index (χ3v) is 2.03. The average molecular weight is 218 g/mol. The molecule has 16 heavy (non-hydrogen) atoms. The maximum atomic E-state index is 13.5. The van der Waals surface area contributed by atoms with Gasteiger partial charge in [-0.2, -0.15) is 0 Å². The summed E-state index contributed by atoms with van der Waals surface area (Å²) in [6.45, 7) is 1.77. The molecule has 0 aliphatic carbocycles. The van der Waals surface area contributed by atoms with Gasteiger partial charge in [-0.1, -0.05) is 0 Å². The van der Waals surface area contributed by atoms with E-state index in [4.69, 9.17) is 5.73 Å². The van der Waals surface area contributed by atoms with Crippen LogP contribution in [0.2, 0.25) is 0 Å². The number of nitrogen functional groups attached to an aromatic ring is 1. The molecular weight excluding hydrogens is 207 g/mol. The highest BCUT2D eigenvalue weighted by atomic mass is 19.1. The van der Waals surface area contributed by atoms with Gasteiger partial charge in [0.1, 0.15) is 17.5 Å². The van der Waals surface area contributed by atoms with Crippen molar-refractivity contribution in [2.75, 3.05) is 11.1 Å². The van der Waals surface area contributed by atoms with Crippen molar-refractivity contribution in [3.8, 4) is 0 Å². The molecule has 1 aromatic carbocycles. The van der Waals surface area contributed by atoms with Crippen molar-refractivity contribution in [2.45, 2.75) is 6.92 Å². The summed E-state index contributed by atoms with van der Waals surface area (Å²) in [5.74, 6) is 0.772. The first kappa shape index (κ1) is 10.4. The van der Waals surface area contributed by atoms with Gasteiger partial charge in [-0.15, -0.1) is 0 Å². The van der Waals surface area contributed by atoms with E-state index in [-0.39, 0.29) is 0 Å². The van der Waals surface area contributed by atoms with Crippen LogP contribution in [-0.2, 0) is 0 Å². The lowest BCUT2D eigenvalue weighted by Gasteiger charge is -2.07. The highest BCUT2D eigenvalue weighted by Gasteiger charge is 2.03. The Morgan fingerprint density at radius 3 is 2.81 bits per heavy atom. The highest BCUT2D eigenvalue weighted by molar-refractivity contribution is 5.59. The molecule has 3 N–H and O–H groups in total. The molecule has 2 aromatic rings. The van der Waals surface area contributed by atoms with Gasteiger partial charge in [0, 0.05) is 11.9 Å². The molecule has 0 saturated heterocycles. The number of hydrogen-bond acceptors (Lipinski definition) is 4. The average Bonchev–Trinajstić information content (AvgIpc) is 2.22. The second-order valence-corrected chi connectivity index (χ2v) is 3.35. The van der Waals surface area contributed by atoms with Gasteiger partial charge in [-0.25, -0.2) is 14.4 Å². The SMILES string of the molecule is Cc1nccc(Nc2ccc(N)cc2F)n1. The summed E-state index contributed by atoms with van der Waals surface area (Å²) in [5.41, 5.74) is 6.18. The molecule has 0 fully saturated rings. The number of rotatable bonds is 2. The Hall–Kier alpha value is -2.17. The van der Waals surface area contributed by atoms with Crippen LogP contribution in [0.4, 0.5) is 21.6 Å². The fourth-order valence-electron chi connectivity index (χ4n) is 1.30. The molecule has 82 valence electrons. The summed E-state index contributed by atoms with van der Waals surface area (Å²) in [4.78, 5) is 8.06. The largest absolute Gasteiger partial charge is 0.399 e. The maximum Gasteiger partial charge on any atom is 0.148 e. The number of benzene rings is 1. The van der Waals surface area contributed by atoms with Crippen molar-refractivity contribution in [1.82, 2.24) is 9.97 Å². The van der Waals surface area contributed by atoms with Crippen LogP contribution in [0.15, 0.2) is 30.5 Å². The Labute approximate surface area is 92.3 Å². The minimum Gasteiger partial charge on any atom is -0.399 e. The Morgan fingerprint density at radius 2 is 2.12 bits per heavy atom. The van der Waals surface area contributed by atoms with E-state index in [1.165, 1.54) is 6.07 Å². The van der Waals surface area contributed by atoms with E-state index in [1.807, 2.05) is 0 Å². The summed E-state index contributed by atoms with van der Waals surface area (Å²) in [6, 6.07) is 6.13. The van der Waals surface area contributed by atoms with Gasteiger partial charge in [-0.3, -0.25) is 0 Å². The van der Waals surface area contributed by atoms with Crippen LogP contribution in [0.3, 0.4) is 0 Å². The summed E-state index contributed by atoms with van der Waals surface area (Å²) in [7, 11) is 0. The van der Waals surface area contributed by atoms with E-state index < -0.39 is 5.82 Å². The lowest BCUT2D eigenvalue weighted by atomic mass is 10.2. The van der Waals surface area contributed by atoms with Crippen LogP contribution in [-0.4, -0.2) is 9.97 Å². The predicted octanol–water partition coefficient (Wildman–Crippen LogP) is 2.25. The Balaban J connectivity index is 2.27. The van der Waals surface area contributed by atoms with Crippen molar-refractivity contribution in [3.05, 3.63) is 42.1 Å². The van der Waals surface area contributed by atoms with Crippen molar-refractivity contribution < 1.29 is 4.39 Å². The molecule has 0 amide bonds. The fourth-order valence-corrected chi connectivity index (χ4v) is 1.30. The van der Waals surface area contributed by atoms with E-state index in [0.717, 1.165) is 0 Å². The van der Waals surface area contributed by atoms with Gasteiger partial charge in [0.05, 0.1) is 5.69 Å². The summed E-state index contributed by atoms with van der Waals surface area (Å²) < 4.78 is 13.5. The first-order chi connectivity index (χ1) is 7.65. The van der Waals surface area contributed by atoms with Gasteiger partial charge in [-0.05, 0) is 31.2 Å². The molecule has 0 aliphatic rings. The summed E-state index contributed by atoms with van der Waals surface area (Å²) >= 11 is 0. The number of hydrogen-bond donors (Lipinski definition) is 2. The van der Waals surface area contributed by atoms with Gasteiger partial charge in [0.2, 0.25) is 0 Å². The molecule has 2 rings (SSSR count). The molecule has 0 saturated carbocycles. The van der Waals surface area contributed by atoms with Crippen molar-refractivity contribution >= 4 is 17.2 Å². The van der Waals surface area contributed by atoms with Gasteiger partial charge in [0.25, 0.3) is 0 Å². The molecule has 0 aliphatic heterocycles. The van der Waals surface area contributed by atoms with Crippen molar-refractivity contribution in [2.24, 2.45) is 0 Å². The van der Waals surface area contributed by atoms with Gasteiger partial charge < -0.3 is 11.1 Å². The highest BCUT2D eigenvalue weighted by Crippen LogP contribution is 2.20. The normalized spacial score (nSPS) is 10.1. The summed E-state index contributed by atoms with van der Waals surface area (Å²) in [5, 5.41) is 2.86. The molecule has 0 radical (unpaired) electrons. The quantitative estimate of drug-likeness (QED) is 0.759. The van der Waals surface area contributed by atoms with Crippen LogP contribution in [0.25, 0.3) is 0 Å². The number of nitrogens with zero attached hydrogens (tertiary/aromatic N) is 2. The van der Waals surface area contributed by atoms with E-state index in [9.17, 15) is 4.39 Å². The lowest BCUT2D eigenvalue weighted by Crippen LogP contribution is -1.99. The minimum absolute atomic E-state index is 0.340. The minimum atomic E-state index is -0.406. The zero-order chi connectivity index (χ0) is 11.5. The van der Waals surface area contributed by atoms with Crippen LogP contribution in [0.1, 0.15) is 5.82 Å². The topological polar surface area (TPSA) is 63.8 Å². The molecule has 0 spiro atoms. The van der Waals surface area contributed by atoms with E-state index in [1.54, 1.807) is 31.3 Å². The first-order valence-corrected chi connectivity index (χ1v) is 4.77. The molecule has 0 unspecified atom stereocenters. The number of halogens is 1. The number of aromatic nitrogens is 2. The zero-order valence-electron chi connectivity index (χ0n) is 8.74. The molecule has 0 bridgehead atoms. The van der Waals surface area contributed by atoms with Crippen molar-refractivity contribution in [1.29, 1.82) is 0 Å². The predicted molar refractivity (Wildman–Crippen MR) is 60.9 cm³/mol. The molecular formula is C11H11FN4. The van der Waals surface area contributed by atoms with E-state index >= 15 is 0 Å². The van der Waals surface area contributed by atoms with Gasteiger partial charge >= 0.3 is 0 Å². The molecule has 4 nitrogen and oxygen atoms in total. The number of anilines is 3. The maximum absolute atomic E-state index is 13.5. The molecule has 1 heterocycles. The van der Waals surface area contributed by atoms with Crippen LogP contribution in [0, 0.1) is 12.7 Å². The standard InChI is InChI=1S/C11H11FN4/c1-7-14-5-4-11(15-7)16-10-3-2-8(13)6-9(10)12/h2-6H,13H2,1H3,(H,14,15,16). The Morgan fingerprint density at radius 1 is 1.31 bits per heavy atom. The Bertz CT molecular complexity index is 513. The second-order valence-electron chi connectivity index (χ2n) is 3.35. The number of aryl methyl sites for hydroxylation is 1. The first-order valence-electron chi connectivity index (χ1n) is 4.77. The second kappa shape index (κ2) is 4.14. The fraction of sp³-hybridized carbons (Fsp3) is 0.0909. The monoisotopic (exact) mass is 218 g/mol. The lowest BCUT2D eigenvalue weighted by molar-refractivity contribution is 0.632. The van der Waals surface area contributed by atoms with Gasteiger partial charge in [0.15, 0.2) is 0 Å². The number of nitrogens with two attached hydrogens (primary N) is 1. The Kier molecular flexibility index (Phi) is 2.68. The van der Waals surface area contributed by atoms with Crippen molar-refractivity contribution in [3.63, 3.8) is 0 Å². The molecule has 0 atom stereocenters. The third kappa shape index (κ3) is 2.25. The molecule has 1 aromatic heterocycles. The number of nitrogens with one attached hydrogen (secondary N) is 1. The van der Waals surface area contributed by atoms with Crippen LogP contribution < -0.4 is 11.1 Å². The zero-order valence-corrected chi connectivity index (χ0v) is 8.74. The molecule has 5 heteroatoms. The smallest absolute Gasteiger partial charge is 0.148 e. The third-order valence-electron chi connectivity index (χ3n) is 2.03. The van der Waals surface area contributed by atoms with Crippen LogP contribution >= 0.6 is 0 Å². The van der Waals surface area contributed by atoms with Crippen LogP contribution in [0.5, 0.6) is 0 Å². The van der Waals surface area contributed by atoms with E-state index in [0.29, 0.717) is 23.0 Å². The van der Waals surface area contributed by atoms with E-state index in [2.05, 4.69) is 15.3 Å². The summed E-state index contributed by atoms with van der Waals surface area (Å²) in [6.07, 6.45) is 1.61.